The molecule has 3 rings (SSSR count). The highest BCUT2D eigenvalue weighted by Crippen LogP contribution is 2.15. The second-order valence-corrected chi connectivity index (χ2v) is 5.70. The van der Waals surface area contributed by atoms with Crippen molar-refractivity contribution in [2.24, 2.45) is 0 Å². The summed E-state index contributed by atoms with van der Waals surface area (Å²) in [6.45, 7) is 3.16. The Hall–Kier alpha value is -2.43. The maximum Gasteiger partial charge on any atom is 0.223 e. The fraction of sp³-hybridized carbons (Fsp3) is 0.333. The van der Waals surface area contributed by atoms with Crippen LogP contribution in [0.3, 0.4) is 0 Å². The molecule has 1 fully saturated rings. The number of carbonyl (C=O) groups is 1. The van der Waals surface area contributed by atoms with E-state index in [0.29, 0.717) is 12.8 Å². The number of hydrogen-bond donors (Lipinski definition) is 0. The third kappa shape index (κ3) is 4.06. The number of anilines is 1. The Morgan fingerprint density at radius 3 is 2.30 bits per heavy atom. The second kappa shape index (κ2) is 7.22. The molecule has 1 saturated heterocycles. The van der Waals surface area contributed by atoms with E-state index in [4.69, 9.17) is 0 Å². The predicted octanol–water partition coefficient (Wildman–Crippen LogP) is 2.50. The molecule has 0 bridgehead atoms. The summed E-state index contributed by atoms with van der Waals surface area (Å²) in [7, 11) is 0. The minimum atomic E-state index is -0.243. The molecule has 0 radical (unpaired) electrons. The monoisotopic (exact) mass is 313 g/mol. The van der Waals surface area contributed by atoms with Gasteiger partial charge < -0.3 is 9.80 Å². The molecule has 1 aromatic carbocycles. The molecule has 1 amide bonds. The van der Waals surface area contributed by atoms with E-state index in [2.05, 4.69) is 9.88 Å². The number of benzene rings is 1. The normalized spacial score (nSPS) is 14.8. The minimum absolute atomic E-state index is 0.170. The molecule has 0 atom stereocenters. The van der Waals surface area contributed by atoms with Crippen LogP contribution in [0.2, 0.25) is 0 Å². The summed E-state index contributed by atoms with van der Waals surface area (Å²) in [6, 6.07) is 10.3. The van der Waals surface area contributed by atoms with Gasteiger partial charge >= 0.3 is 0 Å². The maximum absolute atomic E-state index is 12.9. The number of pyridine rings is 1. The number of rotatable bonds is 4. The SMILES string of the molecule is O=C(CCc1ccc(F)cc1)N1CCN(c2ccncc2)CC1. The van der Waals surface area contributed by atoms with Crippen LogP contribution < -0.4 is 4.90 Å². The number of hydrogen-bond acceptors (Lipinski definition) is 3. The zero-order valence-electron chi connectivity index (χ0n) is 13.0. The van der Waals surface area contributed by atoms with Crippen LogP contribution >= 0.6 is 0 Å². The van der Waals surface area contributed by atoms with Gasteiger partial charge in [-0.1, -0.05) is 12.1 Å². The van der Waals surface area contributed by atoms with E-state index in [1.54, 1.807) is 24.5 Å². The number of halogens is 1. The lowest BCUT2D eigenvalue weighted by atomic mass is 10.1. The van der Waals surface area contributed by atoms with Gasteiger partial charge in [-0.05, 0) is 36.2 Å². The van der Waals surface area contributed by atoms with E-state index < -0.39 is 0 Å². The fourth-order valence-corrected chi connectivity index (χ4v) is 2.83. The number of carbonyl (C=O) groups excluding carboxylic acids is 1. The van der Waals surface area contributed by atoms with Crippen molar-refractivity contribution < 1.29 is 9.18 Å². The molecule has 23 heavy (non-hydrogen) atoms. The number of amides is 1. The Morgan fingerprint density at radius 1 is 1.00 bits per heavy atom. The summed E-state index contributed by atoms with van der Waals surface area (Å²) < 4.78 is 12.9. The van der Waals surface area contributed by atoms with Crippen LogP contribution in [0, 0.1) is 5.82 Å². The average Bonchev–Trinajstić information content (AvgIpc) is 2.62. The van der Waals surface area contributed by atoms with Gasteiger partial charge in [-0.2, -0.15) is 0 Å². The molecule has 2 aromatic rings. The van der Waals surface area contributed by atoms with E-state index in [1.807, 2.05) is 17.0 Å². The Morgan fingerprint density at radius 2 is 1.65 bits per heavy atom. The second-order valence-electron chi connectivity index (χ2n) is 5.70. The van der Waals surface area contributed by atoms with Crippen LogP contribution in [0.4, 0.5) is 10.1 Å². The van der Waals surface area contributed by atoms with Gasteiger partial charge in [0.1, 0.15) is 5.82 Å². The van der Waals surface area contributed by atoms with E-state index >= 15 is 0 Å². The smallest absolute Gasteiger partial charge is 0.223 e. The number of piperazine rings is 1. The van der Waals surface area contributed by atoms with Gasteiger partial charge in [0.15, 0.2) is 0 Å². The lowest BCUT2D eigenvalue weighted by Gasteiger charge is -2.36. The first kappa shape index (κ1) is 15.5. The Bertz CT molecular complexity index is 637. The summed E-state index contributed by atoms with van der Waals surface area (Å²) >= 11 is 0. The molecule has 0 spiro atoms. The molecular weight excluding hydrogens is 293 g/mol. The number of aromatic nitrogens is 1. The highest BCUT2D eigenvalue weighted by atomic mass is 19.1. The molecule has 5 heteroatoms. The first-order chi connectivity index (χ1) is 11.2. The first-order valence-corrected chi connectivity index (χ1v) is 7.89. The van der Waals surface area contributed by atoms with Crippen molar-refractivity contribution in [3.05, 3.63) is 60.2 Å². The van der Waals surface area contributed by atoms with Gasteiger partial charge in [-0.3, -0.25) is 9.78 Å². The third-order valence-electron chi connectivity index (χ3n) is 4.20. The van der Waals surface area contributed by atoms with E-state index in [1.165, 1.54) is 12.1 Å². The number of aryl methyl sites for hydroxylation is 1. The van der Waals surface area contributed by atoms with E-state index in [9.17, 15) is 9.18 Å². The summed E-state index contributed by atoms with van der Waals surface area (Å²) in [5.41, 5.74) is 2.15. The van der Waals surface area contributed by atoms with Crippen molar-refractivity contribution >= 4 is 11.6 Å². The van der Waals surface area contributed by atoms with Crippen LogP contribution in [0.25, 0.3) is 0 Å². The van der Waals surface area contributed by atoms with Crippen molar-refractivity contribution in [1.82, 2.24) is 9.88 Å². The van der Waals surface area contributed by atoms with Gasteiger partial charge in [0.25, 0.3) is 0 Å². The van der Waals surface area contributed by atoms with Gasteiger partial charge in [0, 0.05) is 50.7 Å². The van der Waals surface area contributed by atoms with Crippen LogP contribution in [-0.4, -0.2) is 42.0 Å². The van der Waals surface area contributed by atoms with Gasteiger partial charge in [-0.15, -0.1) is 0 Å². The maximum atomic E-state index is 12.9. The van der Waals surface area contributed by atoms with E-state index in [-0.39, 0.29) is 11.7 Å². The standard InChI is InChI=1S/C18H20FN3O/c19-16-4-1-15(2-5-16)3-6-18(23)22-13-11-21(12-14-22)17-7-9-20-10-8-17/h1-2,4-5,7-10H,3,6,11-14H2. The van der Waals surface area contributed by atoms with Crippen molar-refractivity contribution in [1.29, 1.82) is 0 Å². The zero-order chi connectivity index (χ0) is 16.1. The Kier molecular flexibility index (Phi) is 4.86. The topological polar surface area (TPSA) is 36.4 Å². The minimum Gasteiger partial charge on any atom is -0.368 e. The number of nitrogens with zero attached hydrogens (tertiary/aromatic N) is 3. The molecular formula is C18H20FN3O. The van der Waals surface area contributed by atoms with Gasteiger partial charge in [0.05, 0.1) is 0 Å². The summed E-state index contributed by atoms with van der Waals surface area (Å²) in [5.74, 6) is -0.0731. The summed E-state index contributed by atoms with van der Waals surface area (Å²) in [6.07, 6.45) is 4.70. The molecule has 2 heterocycles. The van der Waals surface area contributed by atoms with Crippen molar-refractivity contribution in [2.45, 2.75) is 12.8 Å². The Balaban J connectivity index is 1.47. The summed E-state index contributed by atoms with van der Waals surface area (Å²) in [4.78, 5) is 20.5. The molecule has 120 valence electrons. The lowest BCUT2D eigenvalue weighted by molar-refractivity contribution is -0.131. The molecule has 1 aliphatic heterocycles. The average molecular weight is 313 g/mol. The van der Waals surface area contributed by atoms with Gasteiger partial charge in [0.2, 0.25) is 5.91 Å². The molecule has 4 nitrogen and oxygen atoms in total. The van der Waals surface area contributed by atoms with Crippen LogP contribution in [0.15, 0.2) is 48.8 Å². The molecule has 0 aliphatic carbocycles. The predicted molar refractivity (Wildman–Crippen MR) is 87.8 cm³/mol. The molecule has 1 aromatic heterocycles. The lowest BCUT2D eigenvalue weighted by Crippen LogP contribution is -2.48. The fourth-order valence-electron chi connectivity index (χ4n) is 2.83. The highest BCUT2D eigenvalue weighted by Gasteiger charge is 2.20. The molecule has 0 saturated carbocycles. The van der Waals surface area contributed by atoms with Crippen molar-refractivity contribution in [3.63, 3.8) is 0 Å². The third-order valence-corrected chi connectivity index (χ3v) is 4.20. The molecule has 0 unspecified atom stereocenters. The van der Waals surface area contributed by atoms with Crippen LogP contribution in [0.1, 0.15) is 12.0 Å². The first-order valence-electron chi connectivity index (χ1n) is 7.89. The van der Waals surface area contributed by atoms with Crippen molar-refractivity contribution in [3.8, 4) is 0 Å². The molecule has 1 aliphatic rings. The van der Waals surface area contributed by atoms with Crippen LogP contribution in [-0.2, 0) is 11.2 Å². The Labute approximate surface area is 135 Å². The zero-order valence-corrected chi connectivity index (χ0v) is 13.0. The largest absolute Gasteiger partial charge is 0.368 e. The van der Waals surface area contributed by atoms with Gasteiger partial charge in [-0.25, -0.2) is 4.39 Å². The van der Waals surface area contributed by atoms with Crippen molar-refractivity contribution in [2.75, 3.05) is 31.1 Å². The summed E-state index contributed by atoms with van der Waals surface area (Å²) in [5, 5.41) is 0. The quantitative estimate of drug-likeness (QED) is 0.870. The molecule has 0 N–H and O–H groups in total. The highest BCUT2D eigenvalue weighted by molar-refractivity contribution is 5.76. The van der Waals surface area contributed by atoms with E-state index in [0.717, 1.165) is 37.4 Å². The van der Waals surface area contributed by atoms with Crippen LogP contribution in [0.5, 0.6) is 0 Å².